The largest absolute Gasteiger partial charge is 0.462 e. The smallest absolute Gasteiger partial charge is 0.306 e. The van der Waals surface area contributed by atoms with Crippen molar-refractivity contribution in [1.82, 2.24) is 0 Å². The first kappa shape index (κ1) is 56.4. The summed E-state index contributed by atoms with van der Waals surface area (Å²) in [6.45, 7) is 11.3. The van der Waals surface area contributed by atoms with Gasteiger partial charge in [0.1, 0.15) is 13.2 Å². The SMILES string of the molecule is CCCCCCCCCCCCCCCC(=O)OC[C@@H](COC(=O)CCCCCCCCCCCCCCCCC(C)CC)OC(=O)CCCCCCCCC(C)C. The first-order valence-corrected chi connectivity index (χ1v) is 25.8. The van der Waals surface area contributed by atoms with Crippen LogP contribution in [0.5, 0.6) is 0 Å². The van der Waals surface area contributed by atoms with Gasteiger partial charge in [-0.15, -0.1) is 0 Å². The number of esters is 3. The first-order chi connectivity index (χ1) is 28.3. The van der Waals surface area contributed by atoms with Crippen molar-refractivity contribution < 1.29 is 28.6 Å². The van der Waals surface area contributed by atoms with Crippen LogP contribution in [0.15, 0.2) is 0 Å². The Morgan fingerprint density at radius 1 is 0.362 bits per heavy atom. The molecule has 0 aromatic carbocycles. The van der Waals surface area contributed by atoms with Crippen LogP contribution in [0.25, 0.3) is 0 Å². The number of unbranched alkanes of at least 4 members (excludes halogenated alkanes) is 30. The zero-order valence-corrected chi connectivity index (χ0v) is 39.7. The van der Waals surface area contributed by atoms with E-state index in [-0.39, 0.29) is 31.1 Å². The van der Waals surface area contributed by atoms with E-state index in [2.05, 4.69) is 34.6 Å². The molecule has 0 amide bonds. The van der Waals surface area contributed by atoms with Crippen LogP contribution >= 0.6 is 0 Å². The predicted octanol–water partition coefficient (Wildman–Crippen LogP) is 16.5. The van der Waals surface area contributed by atoms with Crippen molar-refractivity contribution in [2.75, 3.05) is 13.2 Å². The normalized spacial score (nSPS) is 12.5. The lowest BCUT2D eigenvalue weighted by atomic mass is 9.99. The van der Waals surface area contributed by atoms with Crippen molar-refractivity contribution >= 4 is 17.9 Å². The number of hydrogen-bond acceptors (Lipinski definition) is 6. The average molecular weight is 821 g/mol. The summed E-state index contributed by atoms with van der Waals surface area (Å²) in [5.41, 5.74) is 0. The van der Waals surface area contributed by atoms with E-state index in [0.717, 1.165) is 69.6 Å². The highest BCUT2D eigenvalue weighted by molar-refractivity contribution is 5.71. The molecule has 0 fully saturated rings. The van der Waals surface area contributed by atoms with E-state index in [4.69, 9.17) is 14.2 Å². The van der Waals surface area contributed by atoms with Gasteiger partial charge in [-0.2, -0.15) is 0 Å². The number of hydrogen-bond donors (Lipinski definition) is 0. The molecule has 0 rings (SSSR count). The van der Waals surface area contributed by atoms with E-state index in [1.165, 1.54) is 173 Å². The van der Waals surface area contributed by atoms with Crippen LogP contribution in [-0.4, -0.2) is 37.2 Å². The number of carbonyl (C=O) groups is 3. The minimum absolute atomic E-state index is 0.0648. The summed E-state index contributed by atoms with van der Waals surface area (Å²) in [4.78, 5) is 37.8. The molecule has 0 aromatic rings. The summed E-state index contributed by atoms with van der Waals surface area (Å²) >= 11 is 0. The second kappa shape index (κ2) is 44.9. The second-order valence-electron chi connectivity index (χ2n) is 18.5. The van der Waals surface area contributed by atoms with E-state index in [0.29, 0.717) is 19.3 Å². The molecule has 0 saturated carbocycles. The van der Waals surface area contributed by atoms with E-state index in [1.54, 1.807) is 0 Å². The lowest BCUT2D eigenvalue weighted by Crippen LogP contribution is -2.30. The van der Waals surface area contributed by atoms with Gasteiger partial charge in [0.2, 0.25) is 0 Å². The summed E-state index contributed by atoms with van der Waals surface area (Å²) in [7, 11) is 0. The van der Waals surface area contributed by atoms with Crippen LogP contribution in [0.2, 0.25) is 0 Å². The highest BCUT2D eigenvalue weighted by Gasteiger charge is 2.19. The Kier molecular flexibility index (Phi) is 43.7. The zero-order valence-electron chi connectivity index (χ0n) is 39.7. The molecule has 0 aliphatic rings. The monoisotopic (exact) mass is 821 g/mol. The van der Waals surface area contributed by atoms with Crippen molar-refractivity contribution in [2.24, 2.45) is 11.8 Å². The van der Waals surface area contributed by atoms with E-state index in [9.17, 15) is 14.4 Å². The van der Waals surface area contributed by atoms with Crippen molar-refractivity contribution in [3.05, 3.63) is 0 Å². The van der Waals surface area contributed by atoms with Gasteiger partial charge in [-0.3, -0.25) is 14.4 Å². The van der Waals surface area contributed by atoms with Crippen molar-refractivity contribution in [1.29, 1.82) is 0 Å². The van der Waals surface area contributed by atoms with Gasteiger partial charge >= 0.3 is 17.9 Å². The van der Waals surface area contributed by atoms with Gasteiger partial charge in [0.25, 0.3) is 0 Å². The van der Waals surface area contributed by atoms with Gasteiger partial charge in [0.15, 0.2) is 6.10 Å². The molecule has 0 aliphatic carbocycles. The molecule has 0 spiro atoms. The fraction of sp³-hybridized carbons (Fsp3) is 0.942. The molecule has 58 heavy (non-hydrogen) atoms. The molecular formula is C52H100O6. The Hall–Kier alpha value is -1.59. The standard InChI is InChI=1S/C52H100O6/c1-6-8-9-10-11-12-13-16-20-23-26-32-37-42-50(53)56-45-49(58-52(55)44-39-34-29-28-30-35-40-47(3)4)46-57-51(54)43-38-33-27-24-21-18-15-14-17-19-22-25-31-36-41-48(5)7-2/h47-49H,6-46H2,1-5H3/t48?,49-/m0/s1. The molecule has 0 radical (unpaired) electrons. The molecule has 6 nitrogen and oxygen atoms in total. The topological polar surface area (TPSA) is 78.9 Å². The maximum absolute atomic E-state index is 12.7. The maximum atomic E-state index is 12.7. The van der Waals surface area contributed by atoms with E-state index >= 15 is 0 Å². The molecule has 0 N–H and O–H groups in total. The third-order valence-electron chi connectivity index (χ3n) is 12.1. The van der Waals surface area contributed by atoms with Gasteiger partial charge in [-0.1, -0.05) is 247 Å². The molecule has 0 aromatic heterocycles. The Labute approximate surface area is 361 Å². The number of ether oxygens (including phenoxy) is 3. The fourth-order valence-corrected chi connectivity index (χ4v) is 7.78. The molecule has 1 unspecified atom stereocenters. The van der Waals surface area contributed by atoms with Gasteiger partial charge in [-0.25, -0.2) is 0 Å². The summed E-state index contributed by atoms with van der Waals surface area (Å²) in [5.74, 6) is 0.801. The molecule has 0 saturated heterocycles. The van der Waals surface area contributed by atoms with Gasteiger partial charge in [-0.05, 0) is 31.1 Å². The van der Waals surface area contributed by atoms with Crippen LogP contribution in [0.3, 0.4) is 0 Å². The molecule has 0 aliphatic heterocycles. The second-order valence-corrected chi connectivity index (χ2v) is 18.5. The van der Waals surface area contributed by atoms with Crippen LogP contribution in [0, 0.1) is 11.8 Å². The first-order valence-electron chi connectivity index (χ1n) is 25.8. The predicted molar refractivity (Wildman–Crippen MR) is 247 cm³/mol. The lowest BCUT2D eigenvalue weighted by molar-refractivity contribution is -0.167. The minimum Gasteiger partial charge on any atom is -0.462 e. The molecule has 6 heteroatoms. The molecule has 344 valence electrons. The lowest BCUT2D eigenvalue weighted by Gasteiger charge is -2.18. The highest BCUT2D eigenvalue weighted by Crippen LogP contribution is 2.18. The summed E-state index contributed by atoms with van der Waals surface area (Å²) in [6.07, 6.45) is 45.2. The molecule has 0 bridgehead atoms. The van der Waals surface area contributed by atoms with E-state index in [1.807, 2.05) is 0 Å². The van der Waals surface area contributed by atoms with Crippen LogP contribution in [-0.2, 0) is 28.6 Å². The van der Waals surface area contributed by atoms with Crippen LogP contribution < -0.4 is 0 Å². The van der Waals surface area contributed by atoms with Crippen molar-refractivity contribution in [2.45, 2.75) is 291 Å². The summed E-state index contributed by atoms with van der Waals surface area (Å²) in [5, 5.41) is 0. The maximum Gasteiger partial charge on any atom is 0.306 e. The highest BCUT2D eigenvalue weighted by atomic mass is 16.6. The molecule has 2 atom stereocenters. The number of carbonyl (C=O) groups excluding carboxylic acids is 3. The van der Waals surface area contributed by atoms with Gasteiger partial charge < -0.3 is 14.2 Å². The van der Waals surface area contributed by atoms with E-state index < -0.39 is 6.10 Å². The Morgan fingerprint density at radius 2 is 0.655 bits per heavy atom. The molecule has 0 heterocycles. The van der Waals surface area contributed by atoms with Crippen molar-refractivity contribution in [3.8, 4) is 0 Å². The fourth-order valence-electron chi connectivity index (χ4n) is 7.78. The Balaban J connectivity index is 4.23. The van der Waals surface area contributed by atoms with Gasteiger partial charge in [0, 0.05) is 19.3 Å². The minimum atomic E-state index is -0.762. The third kappa shape index (κ3) is 44.0. The summed E-state index contributed by atoms with van der Waals surface area (Å²) in [6, 6.07) is 0. The van der Waals surface area contributed by atoms with Crippen LogP contribution in [0.1, 0.15) is 285 Å². The van der Waals surface area contributed by atoms with Crippen molar-refractivity contribution in [3.63, 3.8) is 0 Å². The molecular weight excluding hydrogens is 721 g/mol. The van der Waals surface area contributed by atoms with Gasteiger partial charge in [0.05, 0.1) is 0 Å². The Bertz CT molecular complexity index is 887. The average Bonchev–Trinajstić information content (AvgIpc) is 3.21. The summed E-state index contributed by atoms with van der Waals surface area (Å²) < 4.78 is 16.8. The quantitative estimate of drug-likeness (QED) is 0.0346. The number of rotatable bonds is 46. The zero-order chi connectivity index (χ0) is 42.6. The van der Waals surface area contributed by atoms with Crippen LogP contribution in [0.4, 0.5) is 0 Å². The third-order valence-corrected chi connectivity index (χ3v) is 12.1. The Morgan fingerprint density at radius 3 is 0.983 bits per heavy atom.